The van der Waals surface area contributed by atoms with Crippen molar-refractivity contribution in [3.8, 4) is 17.2 Å². The second kappa shape index (κ2) is 9.58. The van der Waals surface area contributed by atoms with E-state index in [1.54, 1.807) is 54.0 Å². The molecule has 1 N–H and O–H groups in total. The van der Waals surface area contributed by atoms with Gasteiger partial charge in [0.2, 0.25) is 16.0 Å². The Bertz CT molecular complexity index is 1220. The number of sulfonamides is 1. The van der Waals surface area contributed by atoms with Gasteiger partial charge < -0.3 is 14.2 Å². The van der Waals surface area contributed by atoms with Gasteiger partial charge in [-0.15, -0.1) is 10.2 Å². The number of ether oxygens (including phenoxy) is 3. The molecule has 3 aromatic rings. The molecule has 33 heavy (non-hydrogen) atoms. The summed E-state index contributed by atoms with van der Waals surface area (Å²) < 4.78 is 47.7. The SMILES string of the molecule is COc1cccc(OC)c1-n1c(NS(=O)(=O)[C@@H](C)c2cccc(Cl)c2)nnc1[C@@H]1CCCO1. The second-order valence-corrected chi connectivity index (χ2v) is 10.0. The minimum atomic E-state index is -3.92. The Kier molecular flexibility index (Phi) is 6.78. The Labute approximate surface area is 197 Å². The molecule has 11 heteroatoms. The molecule has 1 aromatic heterocycles. The van der Waals surface area contributed by atoms with Gasteiger partial charge in [-0.1, -0.05) is 29.8 Å². The van der Waals surface area contributed by atoms with Crippen LogP contribution in [0.15, 0.2) is 42.5 Å². The van der Waals surface area contributed by atoms with E-state index in [1.165, 1.54) is 14.2 Å². The molecule has 4 rings (SSSR count). The summed E-state index contributed by atoms with van der Waals surface area (Å²) in [7, 11) is -0.863. The van der Waals surface area contributed by atoms with E-state index in [-0.39, 0.29) is 12.1 Å². The Balaban J connectivity index is 1.82. The van der Waals surface area contributed by atoms with Gasteiger partial charge in [-0.3, -0.25) is 9.29 Å². The number of benzene rings is 2. The first-order valence-corrected chi connectivity index (χ1v) is 12.3. The summed E-state index contributed by atoms with van der Waals surface area (Å²) in [5, 5.41) is 8.02. The van der Waals surface area contributed by atoms with Gasteiger partial charge >= 0.3 is 0 Å². The average Bonchev–Trinajstić information content (AvgIpc) is 3.47. The maximum atomic E-state index is 13.3. The first-order valence-electron chi connectivity index (χ1n) is 10.4. The van der Waals surface area contributed by atoms with Crippen LogP contribution in [-0.2, 0) is 14.8 Å². The van der Waals surface area contributed by atoms with Crippen LogP contribution in [-0.4, -0.2) is 44.0 Å². The molecule has 1 aliphatic heterocycles. The van der Waals surface area contributed by atoms with Gasteiger partial charge in [0.05, 0.1) is 14.2 Å². The predicted octanol–water partition coefficient (Wildman–Crippen LogP) is 4.29. The molecular formula is C22H25ClN4O5S. The molecule has 2 aromatic carbocycles. The van der Waals surface area contributed by atoms with Gasteiger partial charge in [-0.05, 0) is 49.6 Å². The molecule has 176 valence electrons. The van der Waals surface area contributed by atoms with Crippen LogP contribution in [0, 0.1) is 0 Å². The van der Waals surface area contributed by atoms with E-state index in [4.69, 9.17) is 25.8 Å². The summed E-state index contributed by atoms with van der Waals surface area (Å²) in [6, 6.07) is 12.0. The minimum absolute atomic E-state index is 0.0113. The molecular weight excluding hydrogens is 468 g/mol. The molecule has 1 saturated heterocycles. The molecule has 1 fully saturated rings. The fourth-order valence-electron chi connectivity index (χ4n) is 3.78. The van der Waals surface area contributed by atoms with Gasteiger partial charge in [0.25, 0.3) is 0 Å². The zero-order valence-corrected chi connectivity index (χ0v) is 20.1. The van der Waals surface area contributed by atoms with Gasteiger partial charge in [0, 0.05) is 11.6 Å². The van der Waals surface area contributed by atoms with Crippen molar-refractivity contribution < 1.29 is 22.6 Å². The monoisotopic (exact) mass is 492 g/mol. The van der Waals surface area contributed by atoms with E-state index >= 15 is 0 Å². The largest absolute Gasteiger partial charge is 0.494 e. The zero-order valence-electron chi connectivity index (χ0n) is 18.5. The molecule has 0 spiro atoms. The Morgan fingerprint density at radius 1 is 1.15 bits per heavy atom. The highest BCUT2D eigenvalue weighted by Crippen LogP contribution is 2.39. The Hall–Kier alpha value is -2.82. The second-order valence-electron chi connectivity index (χ2n) is 7.57. The summed E-state index contributed by atoms with van der Waals surface area (Å²) in [4.78, 5) is 0. The Morgan fingerprint density at radius 2 is 1.85 bits per heavy atom. The number of nitrogens with one attached hydrogen (secondary N) is 1. The molecule has 0 unspecified atom stereocenters. The minimum Gasteiger partial charge on any atom is -0.494 e. The predicted molar refractivity (Wildman–Crippen MR) is 125 cm³/mol. The number of hydrogen-bond donors (Lipinski definition) is 1. The van der Waals surface area contributed by atoms with E-state index < -0.39 is 15.3 Å². The van der Waals surface area contributed by atoms with Crippen molar-refractivity contribution in [1.29, 1.82) is 0 Å². The fourth-order valence-corrected chi connectivity index (χ4v) is 5.05. The van der Waals surface area contributed by atoms with Gasteiger partial charge in [0.1, 0.15) is 28.5 Å². The van der Waals surface area contributed by atoms with Crippen LogP contribution in [0.25, 0.3) is 5.69 Å². The lowest BCUT2D eigenvalue weighted by Gasteiger charge is -2.20. The molecule has 2 heterocycles. The van der Waals surface area contributed by atoms with Crippen molar-refractivity contribution in [2.45, 2.75) is 31.1 Å². The molecule has 0 radical (unpaired) electrons. The number of methoxy groups -OCH3 is 2. The molecule has 2 atom stereocenters. The third kappa shape index (κ3) is 4.64. The van der Waals surface area contributed by atoms with Crippen LogP contribution in [0.5, 0.6) is 11.5 Å². The molecule has 1 aliphatic rings. The van der Waals surface area contributed by atoms with Gasteiger partial charge in [0.15, 0.2) is 5.82 Å². The van der Waals surface area contributed by atoms with Crippen LogP contribution in [0.4, 0.5) is 5.95 Å². The molecule has 0 amide bonds. The van der Waals surface area contributed by atoms with Crippen LogP contribution in [0.2, 0.25) is 5.02 Å². The number of halogens is 1. The van der Waals surface area contributed by atoms with E-state index in [1.807, 2.05) is 0 Å². The lowest BCUT2D eigenvalue weighted by molar-refractivity contribution is 0.103. The number of aromatic nitrogens is 3. The lowest BCUT2D eigenvalue weighted by Crippen LogP contribution is -2.22. The van der Waals surface area contributed by atoms with E-state index in [0.717, 1.165) is 12.8 Å². The normalized spacial score (nSPS) is 17.0. The standard InChI is InChI=1S/C22H25ClN4O5S/c1-14(15-7-4-8-16(23)13-15)33(28,29)26-22-25-24-21(19-11-6-12-32-19)27(22)20-17(30-2)9-5-10-18(20)31-3/h4-5,7-10,13-14,19H,6,11-12H2,1-3H3,(H,25,26)/t14-,19-/m0/s1. The van der Waals surface area contributed by atoms with Crippen LogP contribution in [0.3, 0.4) is 0 Å². The highest BCUT2D eigenvalue weighted by molar-refractivity contribution is 7.92. The molecule has 0 bridgehead atoms. The van der Waals surface area contributed by atoms with Crippen molar-refractivity contribution in [3.63, 3.8) is 0 Å². The van der Waals surface area contributed by atoms with E-state index in [9.17, 15) is 8.42 Å². The Morgan fingerprint density at radius 3 is 2.45 bits per heavy atom. The van der Waals surface area contributed by atoms with Crippen molar-refractivity contribution in [3.05, 3.63) is 58.9 Å². The third-order valence-electron chi connectivity index (χ3n) is 5.55. The quantitative estimate of drug-likeness (QED) is 0.500. The number of rotatable bonds is 8. The van der Waals surface area contributed by atoms with Crippen LogP contribution < -0.4 is 14.2 Å². The zero-order chi connectivity index (χ0) is 23.6. The highest BCUT2D eigenvalue weighted by atomic mass is 35.5. The van der Waals surface area contributed by atoms with Crippen molar-refractivity contribution in [1.82, 2.24) is 14.8 Å². The number of hydrogen-bond acceptors (Lipinski definition) is 7. The molecule has 0 saturated carbocycles. The topological polar surface area (TPSA) is 105 Å². The number of anilines is 1. The van der Waals surface area contributed by atoms with Crippen molar-refractivity contribution in [2.24, 2.45) is 0 Å². The average molecular weight is 493 g/mol. The van der Waals surface area contributed by atoms with Crippen LogP contribution >= 0.6 is 11.6 Å². The smallest absolute Gasteiger partial charge is 0.243 e. The van der Waals surface area contributed by atoms with E-state index in [2.05, 4.69) is 14.9 Å². The highest BCUT2D eigenvalue weighted by Gasteiger charge is 2.32. The number of nitrogens with zero attached hydrogens (tertiary/aromatic N) is 3. The summed E-state index contributed by atoms with van der Waals surface area (Å²) in [6.45, 7) is 2.17. The first kappa shape index (κ1) is 23.3. The molecule has 0 aliphatic carbocycles. The number of para-hydroxylation sites is 1. The fraction of sp³-hybridized carbons (Fsp3) is 0.364. The summed E-state index contributed by atoms with van der Waals surface area (Å²) in [5.41, 5.74) is 1.03. The van der Waals surface area contributed by atoms with E-state index in [0.29, 0.717) is 40.2 Å². The first-order chi connectivity index (χ1) is 15.9. The van der Waals surface area contributed by atoms with Crippen molar-refractivity contribution >= 4 is 27.6 Å². The van der Waals surface area contributed by atoms with Gasteiger partial charge in [-0.2, -0.15) is 0 Å². The molecule has 9 nitrogen and oxygen atoms in total. The maximum absolute atomic E-state index is 13.3. The summed E-state index contributed by atoms with van der Waals surface area (Å²) in [6.07, 6.45) is 1.27. The maximum Gasteiger partial charge on any atom is 0.243 e. The summed E-state index contributed by atoms with van der Waals surface area (Å²) >= 11 is 6.06. The summed E-state index contributed by atoms with van der Waals surface area (Å²) in [5.74, 6) is 1.41. The lowest BCUT2D eigenvalue weighted by atomic mass is 10.2. The van der Waals surface area contributed by atoms with Gasteiger partial charge in [-0.25, -0.2) is 8.42 Å². The third-order valence-corrected chi connectivity index (χ3v) is 7.45. The van der Waals surface area contributed by atoms with Crippen LogP contribution in [0.1, 0.15) is 42.5 Å². The van der Waals surface area contributed by atoms with Crippen molar-refractivity contribution in [2.75, 3.05) is 25.5 Å².